The van der Waals surface area contributed by atoms with Gasteiger partial charge in [-0.2, -0.15) is 0 Å². The summed E-state index contributed by atoms with van der Waals surface area (Å²) in [5, 5.41) is 4.54. The summed E-state index contributed by atoms with van der Waals surface area (Å²) in [5.74, 6) is -1.73. The Hall–Kier alpha value is -1.34. The molecular formula is C12H20F4N6O2. The molecule has 0 aromatic rings. The Balaban J connectivity index is 1.96. The summed E-state index contributed by atoms with van der Waals surface area (Å²) in [7, 11) is 1.41. The third-order valence-electron chi connectivity index (χ3n) is 4.00. The van der Waals surface area contributed by atoms with Crippen LogP contribution in [0.4, 0.5) is 17.6 Å². The molecule has 0 aliphatic carbocycles. The second-order valence-corrected chi connectivity index (χ2v) is 5.67. The Bertz CT molecular complexity index is 486. The Morgan fingerprint density at radius 3 is 1.88 bits per heavy atom. The van der Waals surface area contributed by atoms with Gasteiger partial charge in [0.25, 0.3) is 0 Å². The Labute approximate surface area is 135 Å². The van der Waals surface area contributed by atoms with E-state index in [9.17, 15) is 27.2 Å². The van der Waals surface area contributed by atoms with Crippen LogP contribution in [0, 0.1) is 0 Å². The van der Waals surface area contributed by atoms with Gasteiger partial charge < -0.3 is 10.6 Å². The summed E-state index contributed by atoms with van der Waals surface area (Å²) in [6.45, 7) is 1.07. The largest absolute Gasteiger partial charge is 0.335 e. The van der Waals surface area contributed by atoms with Gasteiger partial charge >= 0.3 is 0 Å². The van der Waals surface area contributed by atoms with Gasteiger partial charge in [-0.05, 0) is 14.0 Å². The van der Waals surface area contributed by atoms with E-state index in [4.69, 9.17) is 0 Å². The standard InChI is InChI=1S/C12H20F4N6O2/c1-3(23)8-4(13)5(14)9(20-19-8)12(24)18-11-7(16)6(15)10(17-2)21-22-11/h4-11,17,19-22H,1-2H3,(H,18,24). The molecule has 8 nitrogen and oxygen atoms in total. The van der Waals surface area contributed by atoms with Crippen LogP contribution in [0.3, 0.4) is 0 Å². The highest BCUT2D eigenvalue weighted by Crippen LogP contribution is 2.19. The summed E-state index contributed by atoms with van der Waals surface area (Å²) in [4.78, 5) is 23.2. The first-order chi connectivity index (χ1) is 11.3. The lowest BCUT2D eigenvalue weighted by Gasteiger charge is -2.39. The van der Waals surface area contributed by atoms with Crippen LogP contribution in [0.15, 0.2) is 0 Å². The molecule has 2 heterocycles. The molecule has 0 bridgehead atoms. The third kappa shape index (κ3) is 3.67. The molecule has 0 radical (unpaired) electrons. The Morgan fingerprint density at radius 1 is 0.792 bits per heavy atom. The van der Waals surface area contributed by atoms with E-state index in [2.05, 4.69) is 32.3 Å². The summed E-state index contributed by atoms with van der Waals surface area (Å²) >= 11 is 0. The number of hydrogen-bond acceptors (Lipinski definition) is 7. The van der Waals surface area contributed by atoms with E-state index in [-0.39, 0.29) is 0 Å². The summed E-state index contributed by atoms with van der Waals surface area (Å²) in [6.07, 6.45) is -11.2. The second-order valence-electron chi connectivity index (χ2n) is 5.67. The zero-order chi connectivity index (χ0) is 18.0. The minimum atomic E-state index is -2.33. The number of halogens is 4. The monoisotopic (exact) mass is 356 g/mol. The van der Waals surface area contributed by atoms with Gasteiger partial charge in [0, 0.05) is 0 Å². The van der Waals surface area contributed by atoms with Crippen molar-refractivity contribution >= 4 is 11.7 Å². The number of carbonyl (C=O) groups is 2. The number of carbonyl (C=O) groups excluding carboxylic acids is 2. The van der Waals surface area contributed by atoms with Crippen LogP contribution in [-0.2, 0) is 9.59 Å². The van der Waals surface area contributed by atoms with Gasteiger partial charge in [-0.15, -0.1) is 0 Å². The van der Waals surface area contributed by atoms with Crippen molar-refractivity contribution in [3.8, 4) is 0 Å². The van der Waals surface area contributed by atoms with Crippen molar-refractivity contribution in [3.05, 3.63) is 0 Å². The predicted molar refractivity (Wildman–Crippen MR) is 75.2 cm³/mol. The molecular weight excluding hydrogens is 336 g/mol. The van der Waals surface area contributed by atoms with Crippen molar-refractivity contribution in [1.82, 2.24) is 32.3 Å². The van der Waals surface area contributed by atoms with Crippen LogP contribution >= 0.6 is 0 Å². The first kappa shape index (κ1) is 19.0. The molecule has 0 spiro atoms. The van der Waals surface area contributed by atoms with Gasteiger partial charge in [-0.3, -0.25) is 9.59 Å². The van der Waals surface area contributed by atoms with E-state index < -0.39 is 60.8 Å². The Morgan fingerprint density at radius 2 is 1.29 bits per heavy atom. The molecule has 1 amide bonds. The first-order valence-electron chi connectivity index (χ1n) is 7.34. The third-order valence-corrected chi connectivity index (χ3v) is 4.00. The van der Waals surface area contributed by atoms with Gasteiger partial charge in [0.1, 0.15) is 24.4 Å². The number of ketones is 1. The minimum Gasteiger partial charge on any atom is -0.335 e. The predicted octanol–water partition coefficient (Wildman–Crippen LogP) is -2.13. The van der Waals surface area contributed by atoms with E-state index in [1.54, 1.807) is 0 Å². The molecule has 2 saturated heterocycles. The van der Waals surface area contributed by atoms with Gasteiger partial charge in [-0.1, -0.05) is 0 Å². The smallest absolute Gasteiger partial charge is 0.242 e. The molecule has 0 saturated carbocycles. The van der Waals surface area contributed by atoms with E-state index in [1.165, 1.54) is 7.05 Å². The molecule has 8 unspecified atom stereocenters. The summed E-state index contributed by atoms with van der Waals surface area (Å²) in [5.41, 5.74) is 9.16. The van der Waals surface area contributed by atoms with Crippen LogP contribution in [0.25, 0.3) is 0 Å². The van der Waals surface area contributed by atoms with Gasteiger partial charge in [0.05, 0.1) is 0 Å². The molecule has 0 aromatic heterocycles. The topological polar surface area (TPSA) is 106 Å². The highest BCUT2D eigenvalue weighted by molar-refractivity contribution is 5.85. The summed E-state index contributed by atoms with van der Waals surface area (Å²) < 4.78 is 55.7. The average molecular weight is 356 g/mol. The maximum atomic E-state index is 14.0. The van der Waals surface area contributed by atoms with Gasteiger partial charge in [0.15, 0.2) is 30.5 Å². The van der Waals surface area contributed by atoms with Crippen LogP contribution in [-0.4, -0.2) is 67.8 Å². The molecule has 2 fully saturated rings. The van der Waals surface area contributed by atoms with Crippen LogP contribution in [0.2, 0.25) is 0 Å². The summed E-state index contributed by atoms with van der Waals surface area (Å²) in [6, 6.07) is -3.14. The molecule has 8 atom stereocenters. The quantitative estimate of drug-likeness (QED) is 0.320. The Kier molecular flexibility index (Phi) is 6.09. The fraction of sp³-hybridized carbons (Fsp3) is 0.833. The molecule has 6 N–H and O–H groups in total. The zero-order valence-electron chi connectivity index (χ0n) is 12.9. The van der Waals surface area contributed by atoms with Crippen molar-refractivity contribution in [2.75, 3.05) is 7.05 Å². The number of rotatable bonds is 4. The van der Waals surface area contributed by atoms with E-state index in [0.717, 1.165) is 6.92 Å². The van der Waals surface area contributed by atoms with E-state index >= 15 is 0 Å². The molecule has 2 aliphatic heterocycles. The normalized spacial score (nSPS) is 43.2. The number of amides is 1. The number of Topliss-reactive ketones (excluding diaryl/α,β-unsaturated/α-hetero) is 1. The highest BCUT2D eigenvalue weighted by Gasteiger charge is 2.47. The lowest BCUT2D eigenvalue weighted by Crippen LogP contribution is -2.74. The van der Waals surface area contributed by atoms with Crippen molar-refractivity contribution < 1.29 is 27.2 Å². The number of hydrogen-bond donors (Lipinski definition) is 6. The van der Waals surface area contributed by atoms with Crippen LogP contribution < -0.4 is 32.3 Å². The fourth-order valence-electron chi connectivity index (χ4n) is 2.54. The average Bonchev–Trinajstić information content (AvgIpc) is 2.54. The molecule has 2 rings (SSSR count). The molecule has 12 heteroatoms. The SMILES string of the molecule is CNC1NNC(NC(=O)C2NNC(C(C)=O)C(F)C2F)C(F)C1F. The van der Waals surface area contributed by atoms with Crippen LogP contribution in [0.1, 0.15) is 6.92 Å². The number of hydrazine groups is 2. The van der Waals surface area contributed by atoms with Gasteiger partial charge in [-0.25, -0.2) is 39.3 Å². The highest BCUT2D eigenvalue weighted by atomic mass is 19.2. The lowest BCUT2D eigenvalue weighted by atomic mass is 9.97. The van der Waals surface area contributed by atoms with E-state index in [0.29, 0.717) is 0 Å². The van der Waals surface area contributed by atoms with E-state index in [1.807, 2.05) is 0 Å². The first-order valence-corrected chi connectivity index (χ1v) is 7.34. The molecule has 2 aliphatic rings. The maximum Gasteiger partial charge on any atom is 0.242 e. The maximum absolute atomic E-state index is 14.0. The molecule has 138 valence electrons. The van der Waals surface area contributed by atoms with Gasteiger partial charge in [0.2, 0.25) is 5.91 Å². The minimum absolute atomic E-state index is 0.642. The van der Waals surface area contributed by atoms with Crippen molar-refractivity contribution in [2.45, 2.75) is 56.0 Å². The van der Waals surface area contributed by atoms with Crippen molar-refractivity contribution in [2.24, 2.45) is 0 Å². The van der Waals surface area contributed by atoms with Crippen molar-refractivity contribution in [3.63, 3.8) is 0 Å². The van der Waals surface area contributed by atoms with Crippen molar-refractivity contribution in [1.29, 1.82) is 0 Å². The van der Waals surface area contributed by atoms with Crippen LogP contribution in [0.5, 0.6) is 0 Å². The molecule has 24 heavy (non-hydrogen) atoms. The number of alkyl halides is 4. The fourth-order valence-corrected chi connectivity index (χ4v) is 2.54. The lowest BCUT2D eigenvalue weighted by molar-refractivity contribution is -0.134. The molecule has 0 aromatic carbocycles. The number of nitrogens with one attached hydrogen (secondary N) is 6. The second kappa shape index (κ2) is 7.70. The zero-order valence-corrected chi connectivity index (χ0v) is 12.9.